The van der Waals surface area contributed by atoms with Crippen molar-refractivity contribution in [3.63, 3.8) is 0 Å². The largest absolute Gasteiger partial charge is 0.286 e. The standard InChI is InChI=1S/C3H9NO5S2/c4-10(5,6)2-1-3-11(7,8)9/h1-3H2,(H2,4,5,6)(H,7,8,9). The van der Waals surface area contributed by atoms with Gasteiger partial charge in [-0.3, -0.25) is 4.55 Å². The monoisotopic (exact) mass is 203 g/mol. The Morgan fingerprint density at radius 1 is 1.09 bits per heavy atom. The molecule has 0 aliphatic heterocycles. The van der Waals surface area contributed by atoms with Crippen molar-refractivity contribution in [1.29, 1.82) is 0 Å². The zero-order valence-electron chi connectivity index (χ0n) is 5.60. The van der Waals surface area contributed by atoms with E-state index in [0.717, 1.165) is 0 Å². The summed E-state index contributed by atoms with van der Waals surface area (Å²) in [6.07, 6.45) is -0.183. The molecule has 68 valence electrons. The van der Waals surface area contributed by atoms with Gasteiger partial charge >= 0.3 is 0 Å². The minimum Gasteiger partial charge on any atom is -0.286 e. The molecule has 0 atom stereocenters. The van der Waals surface area contributed by atoms with E-state index >= 15 is 0 Å². The van der Waals surface area contributed by atoms with E-state index in [-0.39, 0.29) is 6.42 Å². The van der Waals surface area contributed by atoms with Crippen LogP contribution < -0.4 is 5.14 Å². The van der Waals surface area contributed by atoms with E-state index in [1.807, 2.05) is 0 Å². The molecule has 11 heavy (non-hydrogen) atoms. The van der Waals surface area contributed by atoms with Gasteiger partial charge in [-0.25, -0.2) is 13.6 Å². The van der Waals surface area contributed by atoms with Crippen molar-refractivity contribution in [2.45, 2.75) is 6.42 Å². The Hall–Kier alpha value is -0.180. The number of rotatable bonds is 4. The van der Waals surface area contributed by atoms with Gasteiger partial charge in [0.25, 0.3) is 10.1 Å². The minimum absolute atomic E-state index is 0.183. The third-order valence-corrected chi connectivity index (χ3v) is 2.49. The van der Waals surface area contributed by atoms with Gasteiger partial charge in [-0.1, -0.05) is 0 Å². The molecule has 0 spiro atoms. The highest BCUT2D eigenvalue weighted by Gasteiger charge is 2.07. The maximum absolute atomic E-state index is 10.2. The van der Waals surface area contributed by atoms with E-state index in [2.05, 4.69) is 5.14 Å². The third kappa shape index (κ3) is 9.82. The van der Waals surface area contributed by atoms with Crippen molar-refractivity contribution in [1.82, 2.24) is 0 Å². The van der Waals surface area contributed by atoms with Crippen LogP contribution in [0, 0.1) is 0 Å². The molecular weight excluding hydrogens is 194 g/mol. The fraction of sp³-hybridized carbons (Fsp3) is 1.00. The van der Waals surface area contributed by atoms with Gasteiger partial charge in [0.15, 0.2) is 0 Å². The average Bonchev–Trinajstić information content (AvgIpc) is 1.55. The van der Waals surface area contributed by atoms with E-state index in [9.17, 15) is 16.8 Å². The van der Waals surface area contributed by atoms with E-state index in [1.165, 1.54) is 0 Å². The summed E-state index contributed by atoms with van der Waals surface area (Å²) in [7, 11) is -7.69. The predicted molar refractivity (Wildman–Crippen MR) is 39.0 cm³/mol. The van der Waals surface area contributed by atoms with Crippen molar-refractivity contribution >= 4 is 20.1 Å². The number of nitrogens with two attached hydrogens (primary N) is 1. The molecule has 0 radical (unpaired) electrons. The Labute approximate surface area is 65.2 Å². The summed E-state index contributed by atoms with van der Waals surface area (Å²) in [6.45, 7) is 0. The van der Waals surface area contributed by atoms with Gasteiger partial charge in [-0.05, 0) is 6.42 Å². The van der Waals surface area contributed by atoms with Crippen LogP contribution in [0.4, 0.5) is 0 Å². The third-order valence-electron chi connectivity index (χ3n) is 0.831. The quantitative estimate of drug-likeness (QED) is 0.542. The van der Waals surface area contributed by atoms with Gasteiger partial charge in [0.1, 0.15) is 0 Å². The van der Waals surface area contributed by atoms with E-state index in [4.69, 9.17) is 4.55 Å². The van der Waals surface area contributed by atoms with Gasteiger partial charge < -0.3 is 0 Å². The van der Waals surface area contributed by atoms with Crippen LogP contribution >= 0.6 is 0 Å². The van der Waals surface area contributed by atoms with Crippen LogP contribution in [-0.4, -0.2) is 32.9 Å². The molecule has 0 heterocycles. The van der Waals surface area contributed by atoms with Gasteiger partial charge in [0, 0.05) is 0 Å². The highest BCUT2D eigenvalue weighted by atomic mass is 32.2. The summed E-state index contributed by atoms with van der Waals surface area (Å²) in [4.78, 5) is 0. The topological polar surface area (TPSA) is 115 Å². The normalized spacial score (nSPS) is 13.3. The lowest BCUT2D eigenvalue weighted by molar-refractivity contribution is 0.482. The highest BCUT2D eigenvalue weighted by molar-refractivity contribution is 7.89. The Balaban J connectivity index is 3.79. The second-order valence-corrected chi connectivity index (χ2v) is 5.31. The molecule has 3 N–H and O–H groups in total. The number of hydrogen-bond acceptors (Lipinski definition) is 4. The van der Waals surface area contributed by atoms with Gasteiger partial charge in [-0.2, -0.15) is 8.42 Å². The summed E-state index contributed by atoms with van der Waals surface area (Å²) in [5.74, 6) is -1.02. The fourth-order valence-electron chi connectivity index (χ4n) is 0.443. The van der Waals surface area contributed by atoms with Crippen LogP contribution in [0.2, 0.25) is 0 Å². The first-order chi connectivity index (χ1) is 4.71. The number of primary sulfonamides is 1. The second-order valence-electron chi connectivity index (χ2n) is 2.01. The molecule has 0 aromatic rings. The highest BCUT2D eigenvalue weighted by Crippen LogP contribution is 1.90. The van der Waals surface area contributed by atoms with Crippen molar-refractivity contribution in [3.05, 3.63) is 0 Å². The lowest BCUT2D eigenvalue weighted by Gasteiger charge is -1.95. The summed E-state index contributed by atoms with van der Waals surface area (Å²) >= 11 is 0. The first-order valence-electron chi connectivity index (χ1n) is 2.66. The molecule has 0 saturated heterocycles. The van der Waals surface area contributed by atoms with Crippen molar-refractivity contribution in [2.75, 3.05) is 11.5 Å². The molecule has 6 nitrogen and oxygen atoms in total. The molecule has 0 rings (SSSR count). The van der Waals surface area contributed by atoms with Gasteiger partial charge in [0.2, 0.25) is 10.0 Å². The van der Waals surface area contributed by atoms with Crippen LogP contribution in [0.3, 0.4) is 0 Å². The Bertz CT molecular complexity index is 269. The Morgan fingerprint density at radius 2 is 1.55 bits per heavy atom. The zero-order chi connectivity index (χ0) is 9.12. The molecule has 0 fully saturated rings. The molecule has 0 aliphatic rings. The predicted octanol–water partition coefficient (Wildman–Crippen LogP) is -1.45. The summed E-state index contributed by atoms with van der Waals surface area (Å²) in [5, 5.41) is 4.56. The maximum Gasteiger partial charge on any atom is 0.264 e. The second kappa shape index (κ2) is 3.48. The summed E-state index contributed by atoms with van der Waals surface area (Å²) < 4.78 is 48.7. The van der Waals surface area contributed by atoms with E-state index in [0.29, 0.717) is 0 Å². The van der Waals surface area contributed by atoms with E-state index in [1.54, 1.807) is 0 Å². The average molecular weight is 203 g/mol. The zero-order valence-corrected chi connectivity index (χ0v) is 7.23. The van der Waals surface area contributed by atoms with Gasteiger partial charge in [0.05, 0.1) is 11.5 Å². The van der Waals surface area contributed by atoms with Crippen LogP contribution in [0.5, 0.6) is 0 Å². The lowest BCUT2D eigenvalue weighted by atomic mass is 10.6. The van der Waals surface area contributed by atoms with Crippen LogP contribution in [0.25, 0.3) is 0 Å². The molecule has 0 amide bonds. The van der Waals surface area contributed by atoms with E-state index < -0.39 is 31.6 Å². The molecule has 8 heteroatoms. The van der Waals surface area contributed by atoms with Crippen molar-refractivity contribution < 1.29 is 21.4 Å². The number of sulfonamides is 1. The molecule has 0 aliphatic carbocycles. The van der Waals surface area contributed by atoms with Crippen molar-refractivity contribution in [2.24, 2.45) is 5.14 Å². The van der Waals surface area contributed by atoms with Crippen LogP contribution in [-0.2, 0) is 20.1 Å². The van der Waals surface area contributed by atoms with Gasteiger partial charge in [-0.15, -0.1) is 0 Å². The molecule has 0 unspecified atom stereocenters. The Morgan fingerprint density at radius 3 is 1.82 bits per heavy atom. The number of hydrogen-bond donors (Lipinski definition) is 2. The SMILES string of the molecule is NS(=O)(=O)CCCS(=O)(=O)O. The first-order valence-corrected chi connectivity index (χ1v) is 5.99. The fourth-order valence-corrected chi connectivity index (χ4v) is 1.68. The molecular formula is C3H9NO5S2. The molecule has 0 saturated carbocycles. The molecule has 0 bridgehead atoms. The maximum atomic E-state index is 10.2. The van der Waals surface area contributed by atoms with Crippen molar-refractivity contribution in [3.8, 4) is 0 Å². The first kappa shape index (κ1) is 10.8. The lowest BCUT2D eigenvalue weighted by Crippen LogP contribution is -2.18. The Kier molecular flexibility index (Phi) is 3.42. The molecule has 0 aromatic carbocycles. The summed E-state index contributed by atoms with van der Waals surface area (Å²) in [6, 6.07) is 0. The minimum atomic E-state index is -4.07. The smallest absolute Gasteiger partial charge is 0.264 e. The summed E-state index contributed by atoms with van der Waals surface area (Å²) in [5.41, 5.74) is 0. The van der Waals surface area contributed by atoms with Crippen LogP contribution in [0.1, 0.15) is 6.42 Å². The van der Waals surface area contributed by atoms with Crippen LogP contribution in [0.15, 0.2) is 0 Å². The molecule has 0 aromatic heterocycles.